The van der Waals surface area contributed by atoms with E-state index < -0.39 is 0 Å². The van der Waals surface area contributed by atoms with Crippen molar-refractivity contribution in [1.29, 1.82) is 0 Å². The lowest BCUT2D eigenvalue weighted by Crippen LogP contribution is -2.15. The first-order valence-electron chi connectivity index (χ1n) is 5.83. The Morgan fingerprint density at radius 3 is 2.76 bits per heavy atom. The Kier molecular flexibility index (Phi) is 7.08. The minimum Gasteiger partial charge on any atom is -0.491 e. The van der Waals surface area contributed by atoms with Crippen LogP contribution in [0.3, 0.4) is 0 Å². The van der Waals surface area contributed by atoms with Crippen LogP contribution in [-0.4, -0.2) is 31.8 Å². The number of thioether (sulfide) groups is 1. The minimum atomic E-state index is 0.0266. The molecule has 0 saturated carbocycles. The summed E-state index contributed by atoms with van der Waals surface area (Å²) in [5.74, 6) is 2.87. The maximum atomic E-state index is 6.15. The number of rotatable bonds is 8. The van der Waals surface area contributed by atoms with Gasteiger partial charge in [0.15, 0.2) is 0 Å². The van der Waals surface area contributed by atoms with Crippen molar-refractivity contribution in [2.24, 2.45) is 5.73 Å². The molecular weight excluding hydrogens is 234 g/mol. The number of benzene rings is 1. The lowest BCUT2D eigenvalue weighted by Gasteiger charge is -2.16. The molecule has 96 valence electrons. The van der Waals surface area contributed by atoms with Crippen molar-refractivity contribution in [3.8, 4) is 5.75 Å². The minimum absolute atomic E-state index is 0.0266. The van der Waals surface area contributed by atoms with E-state index in [2.05, 4.69) is 6.92 Å². The first kappa shape index (κ1) is 14.4. The van der Waals surface area contributed by atoms with E-state index in [1.165, 1.54) is 0 Å². The second-order valence-corrected chi connectivity index (χ2v) is 4.96. The first-order valence-corrected chi connectivity index (χ1v) is 6.99. The lowest BCUT2D eigenvalue weighted by atomic mass is 10.1. The molecule has 0 aliphatic carbocycles. The molecule has 0 fully saturated rings. The summed E-state index contributed by atoms with van der Waals surface area (Å²) in [6.45, 7) is 3.28. The standard InChI is InChI=1S/C13H21NO2S/c1-3-17-10-12(14)11-6-4-5-7-13(11)16-9-8-15-2/h4-7,12H,3,8-10,14H2,1-2H3. The first-order chi connectivity index (χ1) is 8.29. The Hall–Kier alpha value is -0.710. The number of ether oxygens (including phenoxy) is 2. The Labute approximate surface area is 108 Å². The van der Waals surface area contributed by atoms with E-state index >= 15 is 0 Å². The van der Waals surface area contributed by atoms with Crippen LogP contribution < -0.4 is 10.5 Å². The summed E-state index contributed by atoms with van der Waals surface area (Å²) >= 11 is 1.84. The van der Waals surface area contributed by atoms with Crippen LogP contribution in [0.2, 0.25) is 0 Å². The molecule has 0 aliphatic heterocycles. The fraction of sp³-hybridized carbons (Fsp3) is 0.538. The van der Waals surface area contributed by atoms with Crippen molar-refractivity contribution < 1.29 is 9.47 Å². The Morgan fingerprint density at radius 1 is 1.29 bits per heavy atom. The number of para-hydroxylation sites is 1. The molecule has 0 saturated heterocycles. The van der Waals surface area contributed by atoms with Gasteiger partial charge in [-0.05, 0) is 11.8 Å². The van der Waals surface area contributed by atoms with E-state index in [-0.39, 0.29) is 6.04 Å². The van der Waals surface area contributed by atoms with Crippen LogP contribution >= 0.6 is 11.8 Å². The monoisotopic (exact) mass is 255 g/mol. The van der Waals surface area contributed by atoms with E-state index in [1.54, 1.807) is 7.11 Å². The van der Waals surface area contributed by atoms with Crippen molar-refractivity contribution in [2.45, 2.75) is 13.0 Å². The van der Waals surface area contributed by atoms with Gasteiger partial charge in [0, 0.05) is 24.5 Å². The zero-order chi connectivity index (χ0) is 12.5. The van der Waals surface area contributed by atoms with Crippen LogP contribution in [0.5, 0.6) is 5.75 Å². The molecule has 0 heterocycles. The predicted molar refractivity (Wildman–Crippen MR) is 73.7 cm³/mol. The Balaban J connectivity index is 2.62. The zero-order valence-electron chi connectivity index (χ0n) is 10.5. The van der Waals surface area contributed by atoms with E-state index in [0.717, 1.165) is 22.8 Å². The van der Waals surface area contributed by atoms with Gasteiger partial charge in [-0.25, -0.2) is 0 Å². The van der Waals surface area contributed by atoms with Gasteiger partial charge in [-0.2, -0.15) is 11.8 Å². The van der Waals surface area contributed by atoms with Gasteiger partial charge in [0.05, 0.1) is 6.61 Å². The van der Waals surface area contributed by atoms with Crippen molar-refractivity contribution in [1.82, 2.24) is 0 Å². The van der Waals surface area contributed by atoms with E-state index in [4.69, 9.17) is 15.2 Å². The highest BCUT2D eigenvalue weighted by Gasteiger charge is 2.11. The van der Waals surface area contributed by atoms with E-state index in [1.807, 2.05) is 36.0 Å². The van der Waals surface area contributed by atoms with Crippen molar-refractivity contribution >= 4 is 11.8 Å². The van der Waals surface area contributed by atoms with Crippen LogP contribution in [0.4, 0.5) is 0 Å². The highest BCUT2D eigenvalue weighted by molar-refractivity contribution is 7.99. The maximum absolute atomic E-state index is 6.15. The fourth-order valence-electron chi connectivity index (χ4n) is 1.49. The second kappa shape index (κ2) is 8.39. The average Bonchev–Trinajstić information content (AvgIpc) is 2.37. The largest absolute Gasteiger partial charge is 0.491 e. The molecular formula is C13H21NO2S. The summed E-state index contributed by atoms with van der Waals surface area (Å²) < 4.78 is 10.6. The number of methoxy groups -OCH3 is 1. The van der Waals surface area contributed by atoms with Crippen LogP contribution in [0, 0.1) is 0 Å². The van der Waals surface area contributed by atoms with Gasteiger partial charge < -0.3 is 15.2 Å². The van der Waals surface area contributed by atoms with Crippen molar-refractivity contribution in [2.75, 3.05) is 31.8 Å². The molecule has 4 heteroatoms. The van der Waals surface area contributed by atoms with Gasteiger partial charge in [-0.3, -0.25) is 0 Å². The molecule has 1 aromatic carbocycles. The normalized spacial score (nSPS) is 12.4. The van der Waals surface area contributed by atoms with Gasteiger partial charge in [0.25, 0.3) is 0 Å². The van der Waals surface area contributed by atoms with Crippen LogP contribution in [0.25, 0.3) is 0 Å². The third-order valence-corrected chi connectivity index (χ3v) is 3.37. The van der Waals surface area contributed by atoms with Gasteiger partial charge in [-0.15, -0.1) is 0 Å². The third kappa shape index (κ3) is 4.98. The summed E-state index contributed by atoms with van der Waals surface area (Å²) in [5, 5.41) is 0. The smallest absolute Gasteiger partial charge is 0.124 e. The number of hydrogen-bond donors (Lipinski definition) is 1. The van der Waals surface area contributed by atoms with Crippen molar-refractivity contribution in [3.05, 3.63) is 29.8 Å². The highest BCUT2D eigenvalue weighted by atomic mass is 32.2. The molecule has 0 amide bonds. The fourth-order valence-corrected chi connectivity index (χ4v) is 2.16. The van der Waals surface area contributed by atoms with Gasteiger partial charge in [0.2, 0.25) is 0 Å². The molecule has 0 bridgehead atoms. The molecule has 0 spiro atoms. The Morgan fingerprint density at radius 2 is 2.06 bits per heavy atom. The molecule has 1 atom stereocenters. The molecule has 1 aromatic rings. The van der Waals surface area contributed by atoms with Gasteiger partial charge in [0.1, 0.15) is 12.4 Å². The molecule has 17 heavy (non-hydrogen) atoms. The van der Waals surface area contributed by atoms with E-state index in [9.17, 15) is 0 Å². The molecule has 1 rings (SSSR count). The van der Waals surface area contributed by atoms with E-state index in [0.29, 0.717) is 13.2 Å². The topological polar surface area (TPSA) is 44.5 Å². The highest BCUT2D eigenvalue weighted by Crippen LogP contribution is 2.25. The second-order valence-electron chi connectivity index (χ2n) is 3.65. The summed E-state index contributed by atoms with van der Waals surface area (Å²) in [4.78, 5) is 0. The van der Waals surface area contributed by atoms with Gasteiger partial charge in [-0.1, -0.05) is 25.1 Å². The predicted octanol–water partition coefficient (Wildman–Crippen LogP) is 2.46. The molecule has 0 aliphatic rings. The molecule has 0 aromatic heterocycles. The Bertz CT molecular complexity index is 320. The molecule has 0 radical (unpaired) electrons. The summed E-state index contributed by atoms with van der Waals surface area (Å²) in [6, 6.07) is 7.98. The van der Waals surface area contributed by atoms with Crippen molar-refractivity contribution in [3.63, 3.8) is 0 Å². The average molecular weight is 255 g/mol. The summed E-state index contributed by atoms with van der Waals surface area (Å²) in [6.07, 6.45) is 0. The third-order valence-electron chi connectivity index (χ3n) is 2.37. The summed E-state index contributed by atoms with van der Waals surface area (Å²) in [5.41, 5.74) is 7.23. The number of hydrogen-bond acceptors (Lipinski definition) is 4. The van der Waals surface area contributed by atoms with Gasteiger partial charge >= 0.3 is 0 Å². The lowest BCUT2D eigenvalue weighted by molar-refractivity contribution is 0.145. The van der Waals surface area contributed by atoms with Crippen LogP contribution in [0.1, 0.15) is 18.5 Å². The molecule has 1 unspecified atom stereocenters. The quantitative estimate of drug-likeness (QED) is 0.725. The van der Waals surface area contributed by atoms with Crippen LogP contribution in [-0.2, 0) is 4.74 Å². The SMILES string of the molecule is CCSCC(N)c1ccccc1OCCOC. The maximum Gasteiger partial charge on any atom is 0.124 e. The van der Waals surface area contributed by atoms with Crippen LogP contribution in [0.15, 0.2) is 24.3 Å². The summed E-state index contributed by atoms with van der Waals surface area (Å²) in [7, 11) is 1.67. The molecule has 3 nitrogen and oxygen atoms in total. The number of nitrogens with two attached hydrogens (primary N) is 1. The zero-order valence-corrected chi connectivity index (χ0v) is 11.3. The molecule has 2 N–H and O–H groups in total.